The molecule has 0 bridgehead atoms. The normalized spacial score (nSPS) is 41.0. The number of halogens is 1. The van der Waals surface area contributed by atoms with Gasteiger partial charge in [-0.2, -0.15) is 0 Å². The molecule has 0 radical (unpaired) electrons. The Kier molecular flexibility index (Phi) is 4.38. The van der Waals surface area contributed by atoms with E-state index in [-0.39, 0.29) is 0 Å². The minimum Gasteiger partial charge on any atom is -0.394 e. The molecule has 0 aromatic rings. The lowest BCUT2D eigenvalue weighted by Gasteiger charge is -2.38. The van der Waals surface area contributed by atoms with Gasteiger partial charge in [0, 0.05) is 0 Å². The van der Waals surface area contributed by atoms with Crippen molar-refractivity contribution >= 4 is 7.82 Å². The number of ether oxygens (including phenoxy) is 1. The van der Waals surface area contributed by atoms with Gasteiger partial charge in [0.15, 0.2) is 6.29 Å². The zero-order valence-electron chi connectivity index (χ0n) is 8.01. The molecule has 5 atom stereocenters. The van der Waals surface area contributed by atoms with Crippen LogP contribution in [0.5, 0.6) is 0 Å². The maximum atomic E-state index is 13.3. The average Bonchev–Trinajstić information content (AvgIpc) is 2.17. The van der Waals surface area contributed by atoms with Crippen LogP contribution in [0.2, 0.25) is 0 Å². The summed E-state index contributed by atoms with van der Waals surface area (Å²) >= 11 is 0. The Labute approximate surface area is 90.0 Å². The molecule has 1 heterocycles. The van der Waals surface area contributed by atoms with Gasteiger partial charge in [0.1, 0.15) is 18.4 Å². The van der Waals surface area contributed by atoms with E-state index in [2.05, 4.69) is 4.52 Å². The van der Waals surface area contributed by atoms with E-state index in [0.29, 0.717) is 0 Å². The zero-order valence-corrected chi connectivity index (χ0v) is 8.90. The van der Waals surface area contributed by atoms with Gasteiger partial charge in [-0.15, -0.1) is 0 Å². The lowest BCUT2D eigenvalue weighted by atomic mass is 9.99. The molecule has 16 heavy (non-hydrogen) atoms. The third-order valence-corrected chi connectivity index (χ3v) is 2.60. The first kappa shape index (κ1) is 13.9. The lowest BCUT2D eigenvalue weighted by Crippen LogP contribution is -2.60. The Morgan fingerprint density at radius 3 is 2.50 bits per heavy atom. The maximum Gasteiger partial charge on any atom is 0.471 e. The van der Waals surface area contributed by atoms with Crippen LogP contribution in [0.25, 0.3) is 0 Å². The first-order valence-corrected chi connectivity index (χ1v) is 5.87. The number of rotatable bonds is 3. The van der Waals surface area contributed by atoms with Gasteiger partial charge in [-0.1, -0.05) is 0 Å². The molecule has 0 aliphatic carbocycles. The van der Waals surface area contributed by atoms with Crippen LogP contribution in [0.1, 0.15) is 0 Å². The highest BCUT2D eigenvalue weighted by atomic mass is 31.2. The monoisotopic (exact) mass is 261 g/mol. The molecule has 0 saturated carbocycles. The van der Waals surface area contributed by atoms with Crippen LogP contribution in [-0.2, 0) is 13.8 Å². The standard InChI is InChI=1S/C6H13FNO7P/c7-3-4(8)6(15-16(11,12)13)14-2(1-9)5(3)10/h2-6,9-10H,1,8H2,(H2,11,12,13)/t2-,3-,4-,5-,6-/m1/s1. The molecule has 1 aliphatic rings. The van der Waals surface area contributed by atoms with E-state index in [1.54, 1.807) is 0 Å². The molecular weight excluding hydrogens is 248 g/mol. The Morgan fingerprint density at radius 2 is 2.06 bits per heavy atom. The molecule has 1 fully saturated rings. The van der Waals surface area contributed by atoms with Crippen molar-refractivity contribution in [3.63, 3.8) is 0 Å². The first-order chi connectivity index (χ1) is 7.26. The molecule has 10 heteroatoms. The average molecular weight is 261 g/mol. The van der Waals surface area contributed by atoms with E-state index in [1.807, 2.05) is 0 Å². The number of aliphatic hydroxyl groups is 2. The maximum absolute atomic E-state index is 13.3. The molecule has 0 amide bonds. The number of phosphoric acid groups is 1. The third kappa shape index (κ3) is 3.19. The Morgan fingerprint density at radius 1 is 1.50 bits per heavy atom. The van der Waals surface area contributed by atoms with E-state index in [1.165, 1.54) is 0 Å². The summed E-state index contributed by atoms with van der Waals surface area (Å²) in [5.41, 5.74) is 5.23. The quantitative estimate of drug-likeness (QED) is 0.361. The molecule has 1 saturated heterocycles. The Bertz CT molecular complexity index is 284. The number of hydrogen-bond acceptors (Lipinski definition) is 6. The van der Waals surface area contributed by atoms with Gasteiger partial charge < -0.3 is 30.5 Å². The van der Waals surface area contributed by atoms with Crippen LogP contribution < -0.4 is 5.73 Å². The van der Waals surface area contributed by atoms with Crippen molar-refractivity contribution in [2.75, 3.05) is 6.61 Å². The number of phosphoric ester groups is 1. The van der Waals surface area contributed by atoms with Gasteiger partial charge in [-0.05, 0) is 0 Å². The second kappa shape index (κ2) is 5.03. The van der Waals surface area contributed by atoms with Crippen molar-refractivity contribution in [2.24, 2.45) is 5.73 Å². The first-order valence-electron chi connectivity index (χ1n) is 4.34. The van der Waals surface area contributed by atoms with Crippen LogP contribution in [0.15, 0.2) is 0 Å². The largest absolute Gasteiger partial charge is 0.471 e. The summed E-state index contributed by atoms with van der Waals surface area (Å²) in [4.78, 5) is 17.0. The fourth-order valence-electron chi connectivity index (χ4n) is 1.31. The van der Waals surface area contributed by atoms with Gasteiger partial charge in [0.2, 0.25) is 0 Å². The molecule has 8 nitrogen and oxygen atoms in total. The number of aliphatic hydroxyl groups excluding tert-OH is 2. The fraction of sp³-hybridized carbons (Fsp3) is 1.00. The van der Waals surface area contributed by atoms with Gasteiger partial charge in [-0.25, -0.2) is 8.96 Å². The summed E-state index contributed by atoms with van der Waals surface area (Å²) in [6, 6.07) is -1.55. The number of alkyl halides is 1. The van der Waals surface area contributed by atoms with E-state index in [9.17, 15) is 14.1 Å². The summed E-state index contributed by atoms with van der Waals surface area (Å²) in [6.07, 6.45) is -6.75. The highest BCUT2D eigenvalue weighted by molar-refractivity contribution is 7.46. The molecular formula is C6H13FNO7P. The second-order valence-electron chi connectivity index (χ2n) is 3.33. The van der Waals surface area contributed by atoms with Crippen molar-refractivity contribution in [2.45, 2.75) is 30.7 Å². The summed E-state index contributed by atoms with van der Waals surface area (Å²) < 4.78 is 32.7. The van der Waals surface area contributed by atoms with Crippen LogP contribution in [0.3, 0.4) is 0 Å². The van der Waals surface area contributed by atoms with Crippen molar-refractivity contribution in [3.8, 4) is 0 Å². The topological polar surface area (TPSA) is 142 Å². The predicted molar refractivity (Wildman–Crippen MR) is 47.8 cm³/mol. The minimum atomic E-state index is -4.89. The van der Waals surface area contributed by atoms with Gasteiger partial charge >= 0.3 is 7.82 Å². The Balaban J connectivity index is 2.75. The summed E-state index contributed by atoms with van der Waals surface area (Å²) in [6.45, 7) is -0.727. The third-order valence-electron chi connectivity index (χ3n) is 2.12. The SMILES string of the molecule is N[C@H]1[C@@H](OP(=O)(O)O)O[C@H](CO)[C@@H](O)[C@@H]1F. The smallest absolute Gasteiger partial charge is 0.394 e. The minimum absolute atomic E-state index is 0.727. The molecule has 6 N–H and O–H groups in total. The molecule has 0 aromatic carbocycles. The van der Waals surface area contributed by atoms with Gasteiger partial charge in [0.25, 0.3) is 0 Å². The molecule has 1 rings (SSSR count). The van der Waals surface area contributed by atoms with Crippen molar-refractivity contribution in [1.82, 2.24) is 0 Å². The van der Waals surface area contributed by atoms with E-state index in [4.69, 9.17) is 25.4 Å². The second-order valence-corrected chi connectivity index (χ2v) is 4.53. The molecule has 1 aliphatic heterocycles. The van der Waals surface area contributed by atoms with Gasteiger partial charge in [0.05, 0.1) is 12.6 Å². The summed E-state index contributed by atoms with van der Waals surface area (Å²) in [7, 11) is -4.89. The van der Waals surface area contributed by atoms with E-state index >= 15 is 0 Å². The van der Waals surface area contributed by atoms with Gasteiger partial charge in [-0.3, -0.25) is 4.52 Å². The highest BCUT2D eigenvalue weighted by Gasteiger charge is 2.46. The zero-order chi connectivity index (χ0) is 12.5. The number of hydrogen-bond donors (Lipinski definition) is 5. The van der Waals surface area contributed by atoms with Crippen LogP contribution in [-0.4, -0.2) is 57.3 Å². The summed E-state index contributed by atoms with van der Waals surface area (Å²) in [5, 5.41) is 18.0. The van der Waals surface area contributed by atoms with Crippen molar-refractivity contribution in [3.05, 3.63) is 0 Å². The lowest BCUT2D eigenvalue weighted by molar-refractivity contribution is -0.231. The van der Waals surface area contributed by atoms with E-state index < -0.39 is 45.1 Å². The van der Waals surface area contributed by atoms with Crippen molar-refractivity contribution in [1.29, 1.82) is 0 Å². The predicted octanol–water partition coefficient (Wildman–Crippen LogP) is -2.16. The molecule has 0 unspecified atom stereocenters. The number of nitrogens with two attached hydrogens (primary N) is 1. The molecule has 0 spiro atoms. The molecule has 96 valence electrons. The highest BCUT2D eigenvalue weighted by Crippen LogP contribution is 2.40. The fourth-order valence-corrected chi connectivity index (χ4v) is 1.77. The van der Waals surface area contributed by atoms with Crippen LogP contribution in [0, 0.1) is 0 Å². The summed E-state index contributed by atoms with van der Waals surface area (Å²) in [5.74, 6) is 0. The van der Waals surface area contributed by atoms with Crippen LogP contribution >= 0.6 is 7.82 Å². The molecule has 0 aromatic heterocycles. The van der Waals surface area contributed by atoms with Crippen LogP contribution in [0.4, 0.5) is 4.39 Å². The Hall–Kier alpha value is -0.120. The van der Waals surface area contributed by atoms with Crippen molar-refractivity contribution < 1.29 is 38.2 Å². The van der Waals surface area contributed by atoms with E-state index in [0.717, 1.165) is 0 Å².